The van der Waals surface area contributed by atoms with Gasteiger partial charge in [-0.2, -0.15) is 0 Å². The lowest BCUT2D eigenvalue weighted by atomic mass is 10.1. The summed E-state index contributed by atoms with van der Waals surface area (Å²) in [6, 6.07) is 0. The molecular formula is C33H59O8P. The van der Waals surface area contributed by atoms with Gasteiger partial charge in [0.05, 0.1) is 6.61 Å². The molecule has 0 unspecified atom stereocenters. The lowest BCUT2D eigenvalue weighted by Gasteiger charge is -2.18. The maximum absolute atomic E-state index is 12.2. The number of esters is 2. The second-order valence-electron chi connectivity index (χ2n) is 10.8. The molecule has 0 saturated heterocycles. The minimum atomic E-state index is -4.75. The summed E-state index contributed by atoms with van der Waals surface area (Å²) in [5.41, 5.74) is 0. The van der Waals surface area contributed by atoms with Gasteiger partial charge in [-0.3, -0.25) is 14.1 Å². The Kier molecular flexibility index (Phi) is 28.1. The molecule has 0 amide bonds. The predicted molar refractivity (Wildman–Crippen MR) is 170 cm³/mol. The van der Waals surface area contributed by atoms with Gasteiger partial charge in [0.2, 0.25) is 0 Å². The van der Waals surface area contributed by atoms with Crippen LogP contribution in [0, 0.1) is 0 Å². The van der Waals surface area contributed by atoms with E-state index >= 15 is 0 Å². The fourth-order valence-corrected chi connectivity index (χ4v) is 4.57. The van der Waals surface area contributed by atoms with E-state index in [1.807, 2.05) is 6.08 Å². The van der Waals surface area contributed by atoms with Crippen molar-refractivity contribution in [3.05, 3.63) is 36.5 Å². The molecule has 0 aromatic heterocycles. The highest BCUT2D eigenvalue weighted by Gasteiger charge is 2.22. The third-order valence-electron chi connectivity index (χ3n) is 6.66. The highest BCUT2D eigenvalue weighted by Crippen LogP contribution is 2.35. The van der Waals surface area contributed by atoms with Crippen LogP contribution in [0.4, 0.5) is 0 Å². The first-order chi connectivity index (χ1) is 20.3. The average Bonchev–Trinajstić information content (AvgIpc) is 2.95. The molecule has 0 aromatic rings. The second kappa shape index (κ2) is 29.3. The zero-order chi connectivity index (χ0) is 31.2. The molecule has 0 rings (SSSR count). The maximum atomic E-state index is 12.2. The summed E-state index contributed by atoms with van der Waals surface area (Å²) >= 11 is 0. The van der Waals surface area contributed by atoms with Crippen LogP contribution in [0.3, 0.4) is 0 Å². The summed E-state index contributed by atoms with van der Waals surface area (Å²) in [7, 11) is -4.75. The van der Waals surface area contributed by atoms with Gasteiger partial charge >= 0.3 is 19.8 Å². The zero-order valence-corrected chi connectivity index (χ0v) is 27.3. The smallest absolute Gasteiger partial charge is 0.462 e. The first kappa shape index (κ1) is 40.3. The third kappa shape index (κ3) is 31.2. The van der Waals surface area contributed by atoms with Gasteiger partial charge < -0.3 is 19.3 Å². The van der Waals surface area contributed by atoms with Crippen LogP contribution in [0.15, 0.2) is 36.5 Å². The minimum Gasteiger partial charge on any atom is -0.462 e. The average molecular weight is 615 g/mol. The molecule has 0 fully saturated rings. The topological polar surface area (TPSA) is 119 Å². The van der Waals surface area contributed by atoms with Crippen molar-refractivity contribution in [3.63, 3.8) is 0 Å². The predicted octanol–water partition coefficient (Wildman–Crippen LogP) is 9.06. The van der Waals surface area contributed by atoms with E-state index in [9.17, 15) is 14.2 Å². The van der Waals surface area contributed by atoms with Crippen molar-refractivity contribution in [1.29, 1.82) is 0 Å². The molecule has 0 saturated carbocycles. The van der Waals surface area contributed by atoms with E-state index in [4.69, 9.17) is 19.3 Å². The number of allylic oxidation sites excluding steroid dienone is 6. The van der Waals surface area contributed by atoms with Crippen molar-refractivity contribution in [3.8, 4) is 0 Å². The summed E-state index contributed by atoms with van der Waals surface area (Å²) in [6.07, 6.45) is 31.8. The van der Waals surface area contributed by atoms with Crippen LogP contribution in [0.25, 0.3) is 0 Å². The van der Waals surface area contributed by atoms with Crippen molar-refractivity contribution < 1.29 is 37.9 Å². The number of unbranched alkanes of at least 4 members (excludes halogenated alkanes) is 13. The molecule has 8 nitrogen and oxygen atoms in total. The highest BCUT2D eigenvalue weighted by molar-refractivity contribution is 7.46. The summed E-state index contributed by atoms with van der Waals surface area (Å²) in [4.78, 5) is 42.3. The Bertz CT molecular complexity index is 787. The first-order valence-corrected chi connectivity index (χ1v) is 17.8. The van der Waals surface area contributed by atoms with Gasteiger partial charge in [0, 0.05) is 12.8 Å². The van der Waals surface area contributed by atoms with Crippen LogP contribution >= 0.6 is 7.82 Å². The molecular weight excluding hydrogens is 555 g/mol. The van der Waals surface area contributed by atoms with Crippen molar-refractivity contribution in [2.45, 2.75) is 148 Å². The zero-order valence-electron chi connectivity index (χ0n) is 26.4. The second-order valence-corrected chi connectivity index (χ2v) is 12.0. The van der Waals surface area contributed by atoms with E-state index in [1.165, 1.54) is 57.8 Å². The Morgan fingerprint density at radius 3 is 1.67 bits per heavy atom. The number of ether oxygens (including phenoxy) is 2. The van der Waals surface area contributed by atoms with Gasteiger partial charge in [-0.25, -0.2) is 4.57 Å². The number of carbonyl (C=O) groups is 2. The van der Waals surface area contributed by atoms with Crippen LogP contribution < -0.4 is 0 Å². The Labute approximate surface area is 255 Å². The van der Waals surface area contributed by atoms with Crippen LogP contribution in [0.1, 0.15) is 142 Å². The molecule has 0 aliphatic carbocycles. The molecule has 1 atom stereocenters. The van der Waals surface area contributed by atoms with Crippen LogP contribution in [0.2, 0.25) is 0 Å². The SMILES string of the molecule is CCCCCCCC/C=C/C/C=C/C/C=C/CCCC(=O)O[C@H](COC(=O)CCCCCCCCC)COP(=O)(O)O. The first-order valence-electron chi connectivity index (χ1n) is 16.3. The molecule has 0 spiro atoms. The fourth-order valence-electron chi connectivity index (χ4n) is 4.21. The van der Waals surface area contributed by atoms with Crippen molar-refractivity contribution in [2.24, 2.45) is 0 Å². The summed E-state index contributed by atoms with van der Waals surface area (Å²) in [5.74, 6) is -0.956. The van der Waals surface area contributed by atoms with Crippen molar-refractivity contribution in [1.82, 2.24) is 0 Å². The van der Waals surface area contributed by atoms with Gasteiger partial charge in [-0.1, -0.05) is 121 Å². The largest absolute Gasteiger partial charge is 0.469 e. The lowest BCUT2D eigenvalue weighted by Crippen LogP contribution is -2.29. The Morgan fingerprint density at radius 1 is 0.619 bits per heavy atom. The molecule has 0 bridgehead atoms. The van der Waals surface area contributed by atoms with Crippen molar-refractivity contribution in [2.75, 3.05) is 13.2 Å². The molecule has 0 aromatic carbocycles. The van der Waals surface area contributed by atoms with E-state index in [1.54, 1.807) is 0 Å². The van der Waals surface area contributed by atoms with Gasteiger partial charge in [-0.05, 0) is 44.9 Å². The molecule has 9 heteroatoms. The Balaban J connectivity index is 4.10. The van der Waals surface area contributed by atoms with E-state index in [2.05, 4.69) is 48.8 Å². The normalized spacial score (nSPS) is 13.0. The van der Waals surface area contributed by atoms with Gasteiger partial charge in [0.15, 0.2) is 6.10 Å². The number of hydrogen-bond donors (Lipinski definition) is 2. The molecule has 244 valence electrons. The fraction of sp³-hybridized carbons (Fsp3) is 0.758. The minimum absolute atomic E-state index is 0.141. The van der Waals surface area contributed by atoms with E-state index in [0.29, 0.717) is 19.3 Å². The van der Waals surface area contributed by atoms with Gasteiger partial charge in [-0.15, -0.1) is 0 Å². The number of carbonyl (C=O) groups excluding carboxylic acids is 2. The number of hydrogen-bond acceptors (Lipinski definition) is 6. The molecule has 2 N–H and O–H groups in total. The number of phosphoric acid groups is 1. The molecule has 0 radical (unpaired) electrons. The van der Waals surface area contributed by atoms with Crippen LogP contribution in [-0.4, -0.2) is 41.0 Å². The van der Waals surface area contributed by atoms with Gasteiger partial charge in [0.1, 0.15) is 6.61 Å². The highest BCUT2D eigenvalue weighted by atomic mass is 31.2. The van der Waals surface area contributed by atoms with Crippen LogP contribution in [0.5, 0.6) is 0 Å². The molecule has 0 aliphatic heterocycles. The van der Waals surface area contributed by atoms with E-state index in [0.717, 1.165) is 38.5 Å². The lowest BCUT2D eigenvalue weighted by molar-refractivity contribution is -0.161. The van der Waals surface area contributed by atoms with E-state index < -0.39 is 32.5 Å². The van der Waals surface area contributed by atoms with E-state index in [-0.39, 0.29) is 19.4 Å². The Morgan fingerprint density at radius 2 is 1.10 bits per heavy atom. The number of rotatable bonds is 29. The molecule has 0 aliphatic rings. The molecule has 0 heterocycles. The summed E-state index contributed by atoms with van der Waals surface area (Å²) in [5, 5.41) is 0. The van der Waals surface area contributed by atoms with Gasteiger partial charge in [0.25, 0.3) is 0 Å². The van der Waals surface area contributed by atoms with Crippen molar-refractivity contribution >= 4 is 19.8 Å². The summed E-state index contributed by atoms with van der Waals surface area (Å²) in [6.45, 7) is 3.55. The quantitative estimate of drug-likeness (QED) is 0.0371. The maximum Gasteiger partial charge on any atom is 0.469 e. The third-order valence-corrected chi connectivity index (χ3v) is 7.15. The summed E-state index contributed by atoms with van der Waals surface area (Å²) < 4.78 is 26.0. The number of phosphoric ester groups is 1. The van der Waals surface area contributed by atoms with Crippen LogP contribution in [-0.2, 0) is 28.2 Å². The standard InChI is InChI=1S/C33H59O8P/c1-3-5-7-9-11-12-13-14-15-16-17-18-19-20-22-24-26-28-33(35)41-31(30-40-42(36,37)38)29-39-32(34)27-25-23-21-10-8-6-4-2/h14-15,17-18,20,22,31H,3-13,16,19,21,23-30H2,1-2H3,(H2,36,37,38)/b15-14+,18-17+,22-20+/t31-/m1/s1. The monoisotopic (exact) mass is 614 g/mol. The molecule has 42 heavy (non-hydrogen) atoms. The Hall–Kier alpha value is -1.73.